The number of H-pyrrole nitrogens is 1. The molecule has 0 saturated carbocycles. The van der Waals surface area contributed by atoms with Crippen molar-refractivity contribution in [3.05, 3.63) is 111 Å². The van der Waals surface area contributed by atoms with Crippen LogP contribution >= 0.6 is 0 Å². The molecule has 4 N–H and O–H groups in total. The van der Waals surface area contributed by atoms with Gasteiger partial charge in [-0.05, 0) is 18.6 Å². The average molecular weight is 555 g/mol. The van der Waals surface area contributed by atoms with Crippen molar-refractivity contribution in [2.45, 2.75) is 32.2 Å². The Bertz CT molecular complexity index is 1410. The number of ether oxygens (including phenoxy) is 2. The van der Waals surface area contributed by atoms with Crippen LogP contribution < -0.4 is 21.2 Å². The van der Waals surface area contributed by atoms with Crippen molar-refractivity contribution in [3.63, 3.8) is 0 Å². The molecule has 9 nitrogen and oxygen atoms in total. The second-order valence-corrected chi connectivity index (χ2v) is 9.09. The molecule has 0 fully saturated rings. The molecule has 1 aromatic heterocycles. The minimum absolute atomic E-state index is 0.0346. The molecule has 3 aromatic rings. The lowest BCUT2D eigenvalue weighted by Crippen LogP contribution is -2.37. The summed E-state index contributed by atoms with van der Waals surface area (Å²) in [6.07, 6.45) is 4.55. The van der Waals surface area contributed by atoms with Crippen molar-refractivity contribution >= 4 is 11.8 Å². The van der Waals surface area contributed by atoms with Crippen LogP contribution in [0.4, 0.5) is 8.78 Å². The number of hydrogen-bond acceptors (Lipinski definition) is 6. The Morgan fingerprint density at radius 3 is 2.55 bits per heavy atom. The van der Waals surface area contributed by atoms with E-state index in [-0.39, 0.29) is 41.8 Å². The van der Waals surface area contributed by atoms with Gasteiger partial charge in [-0.2, -0.15) is 0 Å². The third-order valence-electron chi connectivity index (χ3n) is 6.10. The van der Waals surface area contributed by atoms with Crippen LogP contribution in [0.25, 0.3) is 0 Å². The minimum Gasteiger partial charge on any atom is -0.483 e. The van der Waals surface area contributed by atoms with Crippen LogP contribution in [0.15, 0.2) is 71.7 Å². The topological polar surface area (TPSA) is 127 Å². The van der Waals surface area contributed by atoms with E-state index in [0.717, 1.165) is 17.8 Å². The number of hydrogen-bond donors (Lipinski definition) is 3. The molecule has 2 atom stereocenters. The molecule has 0 spiro atoms. The van der Waals surface area contributed by atoms with Gasteiger partial charge >= 0.3 is 0 Å². The van der Waals surface area contributed by atoms with E-state index in [1.165, 1.54) is 18.1 Å². The summed E-state index contributed by atoms with van der Waals surface area (Å²) >= 11 is 0. The van der Waals surface area contributed by atoms with Gasteiger partial charge in [-0.15, -0.1) is 0 Å². The summed E-state index contributed by atoms with van der Waals surface area (Å²) in [7, 11) is 3.08. The van der Waals surface area contributed by atoms with E-state index < -0.39 is 34.9 Å². The average Bonchev–Trinajstić information content (AvgIpc) is 2.94. The van der Waals surface area contributed by atoms with E-state index >= 15 is 0 Å². The first-order valence-electron chi connectivity index (χ1n) is 12.5. The molecule has 2 amide bonds. The predicted octanol–water partition coefficient (Wildman–Crippen LogP) is 3.15. The van der Waals surface area contributed by atoms with E-state index in [9.17, 15) is 23.2 Å². The highest BCUT2D eigenvalue weighted by atomic mass is 19.1. The zero-order chi connectivity index (χ0) is 29.2. The number of likely N-dealkylation sites (N-methyl/N-ethyl adjacent to an activating group) is 1. The highest BCUT2D eigenvalue weighted by Crippen LogP contribution is 2.18. The maximum atomic E-state index is 14.0. The minimum atomic E-state index is -0.837. The zero-order valence-electron chi connectivity index (χ0n) is 22.4. The molecule has 0 unspecified atom stereocenters. The SMILES string of the molecule is COC[C@@H](N)/C=C\[C@H](C)N(C)C(=O)c1[nH]cc(C(=O)NCc2ccc(F)cc2F)c(=O)c1OCc1ccccc1. The number of rotatable bonds is 12. The maximum Gasteiger partial charge on any atom is 0.274 e. The highest BCUT2D eigenvalue weighted by Gasteiger charge is 2.26. The summed E-state index contributed by atoms with van der Waals surface area (Å²) in [5.41, 5.74) is 5.38. The van der Waals surface area contributed by atoms with Crippen molar-refractivity contribution in [1.29, 1.82) is 0 Å². The Labute approximate surface area is 230 Å². The number of aromatic nitrogens is 1. The number of amides is 2. The van der Waals surface area contributed by atoms with Crippen molar-refractivity contribution in [2.24, 2.45) is 5.73 Å². The molecule has 212 valence electrons. The van der Waals surface area contributed by atoms with Gasteiger partial charge in [0.15, 0.2) is 11.4 Å². The van der Waals surface area contributed by atoms with Crippen LogP contribution in [-0.2, 0) is 17.9 Å². The van der Waals surface area contributed by atoms with Crippen LogP contribution in [0.1, 0.15) is 38.9 Å². The summed E-state index contributed by atoms with van der Waals surface area (Å²) in [4.78, 5) is 43.8. The lowest BCUT2D eigenvalue weighted by Gasteiger charge is -2.24. The second kappa shape index (κ2) is 14.2. The molecule has 2 aromatic carbocycles. The molecule has 11 heteroatoms. The van der Waals surface area contributed by atoms with Crippen LogP contribution in [-0.4, -0.2) is 54.5 Å². The normalized spacial score (nSPS) is 12.7. The fourth-order valence-corrected chi connectivity index (χ4v) is 3.68. The maximum absolute atomic E-state index is 14.0. The number of carbonyl (C=O) groups excluding carboxylic acids is 2. The van der Waals surface area contributed by atoms with Gasteiger partial charge in [0.2, 0.25) is 5.43 Å². The second-order valence-electron chi connectivity index (χ2n) is 9.09. The molecule has 0 aliphatic heterocycles. The lowest BCUT2D eigenvalue weighted by molar-refractivity contribution is 0.0756. The van der Waals surface area contributed by atoms with Crippen molar-refractivity contribution in [1.82, 2.24) is 15.2 Å². The van der Waals surface area contributed by atoms with Gasteiger partial charge in [0.25, 0.3) is 11.8 Å². The summed E-state index contributed by atoms with van der Waals surface area (Å²) < 4.78 is 38.0. The van der Waals surface area contributed by atoms with E-state index in [1.54, 1.807) is 50.4 Å². The van der Waals surface area contributed by atoms with Crippen LogP contribution in [0.5, 0.6) is 5.75 Å². The van der Waals surface area contributed by atoms with Crippen molar-refractivity contribution < 1.29 is 27.8 Å². The van der Waals surface area contributed by atoms with Crippen molar-refractivity contribution in [3.8, 4) is 5.75 Å². The van der Waals surface area contributed by atoms with E-state index in [4.69, 9.17) is 15.2 Å². The summed E-state index contributed by atoms with van der Waals surface area (Å²) in [6, 6.07) is 11.2. The van der Waals surface area contributed by atoms with E-state index in [0.29, 0.717) is 12.7 Å². The third kappa shape index (κ3) is 7.84. The standard InChI is InChI=1S/C29H32F2N4O5/c1-18(9-12-22(32)17-39-3)35(2)29(38)25-27(40-16-19-7-5-4-6-8-19)26(36)23(15-33-25)28(37)34-14-20-10-11-21(30)13-24(20)31/h4-13,15,18,22H,14,16-17,32H2,1-3H3,(H,33,36)(H,34,37)/b12-9-/t18-,22-/m0/s1. The molecule has 1 heterocycles. The highest BCUT2D eigenvalue weighted by molar-refractivity contribution is 5.98. The molecule has 0 bridgehead atoms. The number of benzene rings is 2. The first-order chi connectivity index (χ1) is 19.1. The smallest absolute Gasteiger partial charge is 0.274 e. The van der Waals surface area contributed by atoms with Gasteiger partial charge in [-0.1, -0.05) is 48.6 Å². The molecule has 3 rings (SSSR count). The van der Waals surface area contributed by atoms with Gasteiger partial charge in [0, 0.05) is 50.6 Å². The Hall–Kier alpha value is -4.35. The fraction of sp³-hybridized carbons (Fsp3) is 0.276. The number of aromatic amines is 1. The monoisotopic (exact) mass is 554 g/mol. The van der Waals surface area contributed by atoms with Crippen LogP contribution in [0.3, 0.4) is 0 Å². The number of carbonyl (C=O) groups is 2. The van der Waals surface area contributed by atoms with Gasteiger partial charge < -0.3 is 30.4 Å². The largest absolute Gasteiger partial charge is 0.483 e. The predicted molar refractivity (Wildman–Crippen MR) is 146 cm³/mol. The fourth-order valence-electron chi connectivity index (χ4n) is 3.68. The summed E-state index contributed by atoms with van der Waals surface area (Å²) in [5, 5.41) is 2.44. The summed E-state index contributed by atoms with van der Waals surface area (Å²) in [6.45, 7) is 1.75. The zero-order valence-corrected chi connectivity index (χ0v) is 22.4. The Morgan fingerprint density at radius 2 is 1.88 bits per heavy atom. The number of nitrogens with zero attached hydrogens (tertiary/aromatic N) is 1. The Morgan fingerprint density at radius 1 is 1.15 bits per heavy atom. The molecular formula is C29H32F2N4O5. The van der Waals surface area contributed by atoms with Gasteiger partial charge in [-0.3, -0.25) is 14.4 Å². The van der Waals surface area contributed by atoms with Gasteiger partial charge in [0.1, 0.15) is 23.8 Å². The number of halogens is 2. The van der Waals surface area contributed by atoms with Crippen molar-refractivity contribution in [2.75, 3.05) is 20.8 Å². The quantitative estimate of drug-likeness (QED) is 0.295. The molecule has 0 radical (unpaired) electrons. The van der Waals surface area contributed by atoms with Gasteiger partial charge in [-0.25, -0.2) is 8.78 Å². The van der Waals surface area contributed by atoms with Gasteiger partial charge in [0.05, 0.1) is 6.61 Å². The van der Waals surface area contributed by atoms with Crippen LogP contribution in [0.2, 0.25) is 0 Å². The Balaban J connectivity index is 1.88. The number of pyridine rings is 1. The molecule has 0 aliphatic carbocycles. The third-order valence-corrected chi connectivity index (χ3v) is 6.10. The number of nitrogens with two attached hydrogens (primary N) is 1. The lowest BCUT2D eigenvalue weighted by atomic mass is 10.1. The molecule has 0 saturated heterocycles. The molecule has 0 aliphatic rings. The summed E-state index contributed by atoms with van der Waals surface area (Å²) in [5.74, 6) is -3.31. The number of nitrogens with one attached hydrogen (secondary N) is 2. The molecule has 40 heavy (non-hydrogen) atoms. The van der Waals surface area contributed by atoms with E-state index in [2.05, 4.69) is 10.3 Å². The van der Waals surface area contributed by atoms with E-state index in [1.807, 2.05) is 6.07 Å². The first kappa shape index (κ1) is 30.2. The number of methoxy groups -OCH3 is 1. The first-order valence-corrected chi connectivity index (χ1v) is 12.5. The Kier molecular flexibility index (Phi) is 10.7. The molecular weight excluding hydrogens is 522 g/mol. The van der Waals surface area contributed by atoms with Crippen LogP contribution in [0, 0.1) is 11.6 Å².